The number of phosphoric acid groups is 1. The number of hydrogen-bond acceptors (Lipinski definition) is 6. The molecule has 0 aliphatic carbocycles. The Balaban J connectivity index is 3.73. The minimum Gasteiger partial charge on any atom is -0.756 e. The Morgan fingerprint density at radius 2 is 0.910 bits per heavy atom. The van der Waals surface area contributed by atoms with E-state index in [4.69, 9.17) is 9.05 Å². The van der Waals surface area contributed by atoms with Crippen molar-refractivity contribution in [3.05, 3.63) is 60.8 Å². The molecule has 1 amide bonds. The quantitative estimate of drug-likeness (QED) is 0.0272. The molecule has 8 nitrogen and oxygen atoms in total. The highest BCUT2D eigenvalue weighted by atomic mass is 31.2. The predicted octanol–water partition coefficient (Wildman–Crippen LogP) is 16.3. The summed E-state index contributed by atoms with van der Waals surface area (Å²) in [5.74, 6) is -0.168. The number of likely N-dealkylation sites (N-methyl/N-ethyl adjacent to an activating group) is 1. The van der Waals surface area contributed by atoms with Gasteiger partial charge >= 0.3 is 0 Å². The van der Waals surface area contributed by atoms with Crippen molar-refractivity contribution in [2.24, 2.45) is 0 Å². The Morgan fingerprint density at radius 3 is 1.33 bits per heavy atom. The molecule has 0 radical (unpaired) electrons. The average Bonchev–Trinajstić information content (AvgIpc) is 3.29. The predicted molar refractivity (Wildman–Crippen MR) is 288 cm³/mol. The zero-order chi connectivity index (χ0) is 49.2. The lowest BCUT2D eigenvalue weighted by atomic mass is 10.0. The van der Waals surface area contributed by atoms with Crippen molar-refractivity contribution >= 4 is 13.7 Å². The van der Waals surface area contributed by atoms with Crippen molar-refractivity contribution in [3.8, 4) is 0 Å². The summed E-state index contributed by atoms with van der Waals surface area (Å²) in [6, 6.07) is -0.796. The fraction of sp³-hybridized carbons (Fsp3) is 0.810. The second-order valence-corrected chi connectivity index (χ2v) is 21.7. The monoisotopic (exact) mass is 961 g/mol. The number of quaternary nitrogens is 1. The number of allylic oxidation sites excluding steroid dienone is 10. The van der Waals surface area contributed by atoms with Crippen LogP contribution in [0.3, 0.4) is 0 Å². The lowest BCUT2D eigenvalue weighted by Crippen LogP contribution is -2.46. The van der Waals surface area contributed by atoms with E-state index in [-0.39, 0.29) is 19.1 Å². The number of carbonyl (C=O) groups is 1. The van der Waals surface area contributed by atoms with E-state index in [1.54, 1.807) is 0 Å². The highest BCUT2D eigenvalue weighted by molar-refractivity contribution is 7.45. The van der Waals surface area contributed by atoms with Crippen LogP contribution in [-0.4, -0.2) is 68.5 Å². The van der Waals surface area contributed by atoms with Gasteiger partial charge in [0.2, 0.25) is 5.91 Å². The molecule has 0 spiro atoms. The first kappa shape index (κ1) is 65.2. The number of hydrogen-bond donors (Lipinski definition) is 2. The first-order valence-corrected chi connectivity index (χ1v) is 29.6. The fourth-order valence-electron chi connectivity index (χ4n) is 8.13. The summed E-state index contributed by atoms with van der Waals surface area (Å²) >= 11 is 0. The smallest absolute Gasteiger partial charge is 0.268 e. The normalized spacial score (nSPS) is 14.4. The third-order valence-electron chi connectivity index (χ3n) is 12.5. The first-order chi connectivity index (χ1) is 32.5. The van der Waals surface area contributed by atoms with E-state index in [9.17, 15) is 19.4 Å². The number of aliphatic hydroxyl groups excluding tert-OH is 1. The van der Waals surface area contributed by atoms with Crippen LogP contribution in [0.2, 0.25) is 0 Å². The number of nitrogens with zero attached hydrogens (tertiary/aromatic N) is 1. The summed E-state index contributed by atoms with van der Waals surface area (Å²) in [7, 11) is 1.31. The SMILES string of the molecule is CC/C=C\C/C=C\C/C=C\C/C=C\C/C=C\CCCCCCCCCCCCCCCCCCCCCCCCCC(=O)NC(COP(=O)([O-])OCC[N+](C)(C)C)C(O)CCCCCCCC. The van der Waals surface area contributed by atoms with Gasteiger partial charge in [-0.15, -0.1) is 0 Å². The summed E-state index contributed by atoms with van der Waals surface area (Å²) in [6.45, 7) is 4.54. The third-order valence-corrected chi connectivity index (χ3v) is 13.5. The Bertz CT molecular complexity index is 1270. The van der Waals surface area contributed by atoms with Crippen LogP contribution in [0.5, 0.6) is 0 Å². The van der Waals surface area contributed by atoms with Crippen molar-refractivity contribution in [2.45, 2.75) is 264 Å². The van der Waals surface area contributed by atoms with Gasteiger partial charge in [0.05, 0.1) is 39.9 Å². The molecule has 0 aromatic rings. The van der Waals surface area contributed by atoms with E-state index in [0.717, 1.165) is 70.6 Å². The third kappa shape index (κ3) is 51.9. The molecule has 0 bridgehead atoms. The minimum atomic E-state index is -4.55. The van der Waals surface area contributed by atoms with Crippen molar-refractivity contribution < 1.29 is 32.9 Å². The van der Waals surface area contributed by atoms with Crippen molar-refractivity contribution in [3.63, 3.8) is 0 Å². The van der Waals surface area contributed by atoms with Crippen LogP contribution in [0.25, 0.3) is 0 Å². The maximum absolute atomic E-state index is 12.8. The lowest BCUT2D eigenvalue weighted by molar-refractivity contribution is -0.870. The molecule has 3 unspecified atom stereocenters. The number of rotatable bonds is 51. The Labute approximate surface area is 415 Å². The average molecular weight is 961 g/mol. The van der Waals surface area contributed by atoms with E-state index in [1.807, 2.05) is 21.1 Å². The molecule has 67 heavy (non-hydrogen) atoms. The van der Waals surface area contributed by atoms with Crippen LogP contribution in [0, 0.1) is 0 Å². The molecular formula is C58H109N2O6P. The topological polar surface area (TPSA) is 108 Å². The molecule has 392 valence electrons. The van der Waals surface area contributed by atoms with Gasteiger partial charge in [-0.05, 0) is 57.8 Å². The van der Waals surface area contributed by atoms with Gasteiger partial charge < -0.3 is 28.8 Å². The van der Waals surface area contributed by atoms with Crippen LogP contribution in [0.1, 0.15) is 251 Å². The van der Waals surface area contributed by atoms with E-state index < -0.39 is 20.0 Å². The van der Waals surface area contributed by atoms with E-state index in [2.05, 4.69) is 79.9 Å². The molecule has 0 saturated heterocycles. The minimum absolute atomic E-state index is 0.0121. The van der Waals surface area contributed by atoms with Gasteiger partial charge in [-0.3, -0.25) is 9.36 Å². The van der Waals surface area contributed by atoms with Crippen LogP contribution in [0.15, 0.2) is 60.8 Å². The van der Waals surface area contributed by atoms with Gasteiger partial charge in [0.1, 0.15) is 13.2 Å². The van der Waals surface area contributed by atoms with Crippen molar-refractivity contribution in [1.29, 1.82) is 0 Å². The standard InChI is InChI=1S/C58H109N2O6P/c1-6-8-10-12-14-15-16-17-18-19-20-21-22-23-24-25-26-27-28-29-30-31-32-33-34-35-36-37-38-39-40-41-42-43-44-45-46-48-50-52-58(62)59-56(57(61)51-49-47-13-11-9-7-2)55-66-67(63,64)65-54-53-60(3,4)5/h8,10,14-15,17-18,20-21,23-24,56-57,61H,6-7,9,11-13,16,19,22,25-55H2,1-5H3,(H-,59,62,63,64)/b10-8-,15-14-,18-17-,21-20-,24-23-. The second-order valence-electron chi connectivity index (χ2n) is 20.3. The van der Waals surface area contributed by atoms with Crippen LogP contribution < -0.4 is 10.2 Å². The molecule has 0 saturated carbocycles. The molecular weight excluding hydrogens is 852 g/mol. The maximum Gasteiger partial charge on any atom is 0.268 e. The van der Waals surface area contributed by atoms with Crippen LogP contribution in [0.4, 0.5) is 0 Å². The number of phosphoric ester groups is 1. The van der Waals surface area contributed by atoms with Crippen LogP contribution >= 0.6 is 7.82 Å². The molecule has 0 rings (SSSR count). The van der Waals surface area contributed by atoms with Crippen LogP contribution in [-0.2, 0) is 18.4 Å². The summed E-state index contributed by atoms with van der Waals surface area (Å²) < 4.78 is 23.2. The highest BCUT2D eigenvalue weighted by Gasteiger charge is 2.24. The van der Waals surface area contributed by atoms with Gasteiger partial charge in [0.25, 0.3) is 7.82 Å². The van der Waals surface area contributed by atoms with Crippen molar-refractivity contribution in [2.75, 3.05) is 40.9 Å². The van der Waals surface area contributed by atoms with Gasteiger partial charge in [-0.2, -0.15) is 0 Å². The van der Waals surface area contributed by atoms with Gasteiger partial charge in [-0.25, -0.2) is 0 Å². The second kappa shape index (κ2) is 49.2. The summed E-state index contributed by atoms with van der Waals surface area (Å²) in [6.07, 6.45) is 66.0. The van der Waals surface area contributed by atoms with E-state index in [0.29, 0.717) is 23.9 Å². The Hall–Kier alpha value is -1.80. The highest BCUT2D eigenvalue weighted by Crippen LogP contribution is 2.38. The van der Waals surface area contributed by atoms with Gasteiger partial charge in [0, 0.05) is 6.42 Å². The molecule has 0 aromatic heterocycles. The molecule has 0 fully saturated rings. The molecule has 0 aliphatic rings. The number of carbonyl (C=O) groups excluding carboxylic acids is 1. The fourth-order valence-corrected chi connectivity index (χ4v) is 8.85. The Kier molecular flexibility index (Phi) is 47.9. The molecule has 0 heterocycles. The molecule has 3 atom stereocenters. The largest absolute Gasteiger partial charge is 0.756 e. The van der Waals surface area contributed by atoms with E-state index >= 15 is 0 Å². The zero-order valence-electron chi connectivity index (χ0n) is 44.6. The number of aliphatic hydroxyl groups is 1. The summed E-state index contributed by atoms with van der Waals surface area (Å²) in [4.78, 5) is 25.3. The molecule has 0 aromatic carbocycles. The molecule has 9 heteroatoms. The molecule has 0 aliphatic heterocycles. The first-order valence-electron chi connectivity index (χ1n) is 28.1. The van der Waals surface area contributed by atoms with E-state index in [1.165, 1.54) is 154 Å². The summed E-state index contributed by atoms with van der Waals surface area (Å²) in [5, 5.41) is 13.8. The number of unbranched alkanes of at least 4 members (excludes halogenated alkanes) is 28. The molecule has 2 N–H and O–H groups in total. The lowest BCUT2D eigenvalue weighted by Gasteiger charge is -2.30. The van der Waals surface area contributed by atoms with Gasteiger partial charge in [0.15, 0.2) is 0 Å². The Morgan fingerprint density at radius 1 is 0.537 bits per heavy atom. The van der Waals surface area contributed by atoms with Gasteiger partial charge in [-0.1, -0.05) is 248 Å². The van der Waals surface area contributed by atoms with Crippen molar-refractivity contribution in [1.82, 2.24) is 5.32 Å². The number of amides is 1. The summed E-state index contributed by atoms with van der Waals surface area (Å²) in [5.41, 5.74) is 0. The maximum atomic E-state index is 12.8. The number of nitrogens with one attached hydrogen (secondary N) is 1. The zero-order valence-corrected chi connectivity index (χ0v) is 45.5.